The third-order valence-corrected chi connectivity index (χ3v) is 7.51. The summed E-state index contributed by atoms with van der Waals surface area (Å²) < 4.78 is 33.3. The Morgan fingerprint density at radius 2 is 1.58 bits per heavy atom. The molecular weight excluding hydrogens is 412 g/mol. The highest BCUT2D eigenvalue weighted by molar-refractivity contribution is 7.89. The van der Waals surface area contributed by atoms with Crippen molar-refractivity contribution in [1.29, 1.82) is 0 Å². The van der Waals surface area contributed by atoms with Crippen LogP contribution < -0.4 is 4.74 Å². The molecule has 0 N–H and O–H groups in total. The van der Waals surface area contributed by atoms with Crippen molar-refractivity contribution in [3.05, 3.63) is 72.3 Å². The van der Waals surface area contributed by atoms with Gasteiger partial charge in [-0.3, -0.25) is 4.79 Å². The van der Waals surface area contributed by atoms with Crippen LogP contribution >= 0.6 is 0 Å². The first-order valence-corrected chi connectivity index (χ1v) is 11.8. The fraction of sp³-hybridized carbons (Fsp3) is 0.292. The molecule has 6 nitrogen and oxygen atoms in total. The molecule has 1 amide bonds. The van der Waals surface area contributed by atoms with E-state index in [9.17, 15) is 13.2 Å². The van der Waals surface area contributed by atoms with Crippen molar-refractivity contribution in [2.45, 2.75) is 18.2 Å². The number of hydrogen-bond acceptors (Lipinski definition) is 4. The summed E-state index contributed by atoms with van der Waals surface area (Å²) in [7, 11) is -3.59. The third-order valence-electron chi connectivity index (χ3n) is 5.62. The SMILES string of the molecule is Cc1ccccc1OCCC(=O)N1CCN(S(=O)(=O)c2ccc3ccccc3c2)CC1. The standard InChI is InChI=1S/C24H26N2O4S/c1-19-6-2-5-9-23(19)30-17-12-24(27)25-13-15-26(16-14-25)31(28,29)22-11-10-20-7-3-4-8-21(20)18-22/h2-11,18H,12-17H2,1H3. The van der Waals surface area contributed by atoms with Crippen molar-refractivity contribution in [2.24, 2.45) is 0 Å². The Hall–Kier alpha value is -2.90. The van der Waals surface area contributed by atoms with Crippen molar-refractivity contribution >= 4 is 26.7 Å². The maximum absolute atomic E-state index is 13.1. The Balaban J connectivity index is 1.33. The van der Waals surface area contributed by atoms with Gasteiger partial charge in [-0.15, -0.1) is 0 Å². The summed E-state index contributed by atoms with van der Waals surface area (Å²) in [6, 6.07) is 20.6. The molecule has 0 radical (unpaired) electrons. The van der Waals surface area contributed by atoms with E-state index in [1.54, 1.807) is 17.0 Å². The predicted molar refractivity (Wildman–Crippen MR) is 121 cm³/mol. The monoisotopic (exact) mass is 438 g/mol. The van der Waals surface area contributed by atoms with E-state index in [4.69, 9.17) is 4.74 Å². The van der Waals surface area contributed by atoms with Crippen LogP contribution in [0.3, 0.4) is 0 Å². The second-order valence-electron chi connectivity index (χ2n) is 7.66. The van der Waals surface area contributed by atoms with Gasteiger partial charge in [-0.25, -0.2) is 8.42 Å². The molecule has 1 fully saturated rings. The van der Waals surface area contributed by atoms with Crippen LogP contribution in [0.4, 0.5) is 0 Å². The van der Waals surface area contributed by atoms with E-state index in [1.807, 2.05) is 61.5 Å². The zero-order chi connectivity index (χ0) is 21.8. The van der Waals surface area contributed by atoms with Crippen LogP contribution in [-0.2, 0) is 14.8 Å². The number of nitrogens with zero attached hydrogens (tertiary/aromatic N) is 2. The number of sulfonamides is 1. The molecule has 31 heavy (non-hydrogen) atoms. The molecule has 1 aliphatic heterocycles. The number of rotatable bonds is 6. The molecule has 3 aromatic rings. The van der Waals surface area contributed by atoms with Gasteiger partial charge in [0, 0.05) is 26.2 Å². The van der Waals surface area contributed by atoms with Gasteiger partial charge in [-0.2, -0.15) is 4.31 Å². The summed E-state index contributed by atoms with van der Waals surface area (Å²) >= 11 is 0. The smallest absolute Gasteiger partial charge is 0.243 e. The molecule has 162 valence electrons. The second kappa shape index (κ2) is 9.08. The van der Waals surface area contributed by atoms with Gasteiger partial charge in [0.25, 0.3) is 0 Å². The Kier molecular flexibility index (Phi) is 6.25. The first kappa shape index (κ1) is 21.3. The van der Waals surface area contributed by atoms with E-state index < -0.39 is 10.0 Å². The van der Waals surface area contributed by atoms with Gasteiger partial charge < -0.3 is 9.64 Å². The molecule has 0 saturated carbocycles. The molecule has 4 rings (SSSR count). The van der Waals surface area contributed by atoms with E-state index in [2.05, 4.69) is 0 Å². The van der Waals surface area contributed by atoms with Gasteiger partial charge in [0.2, 0.25) is 15.9 Å². The van der Waals surface area contributed by atoms with E-state index in [1.165, 1.54) is 4.31 Å². The molecule has 1 aliphatic rings. The van der Waals surface area contributed by atoms with Crippen molar-refractivity contribution < 1.29 is 17.9 Å². The number of para-hydroxylation sites is 1. The van der Waals surface area contributed by atoms with E-state index >= 15 is 0 Å². The van der Waals surface area contributed by atoms with Crippen LogP contribution in [-0.4, -0.2) is 56.3 Å². The highest BCUT2D eigenvalue weighted by Gasteiger charge is 2.30. The molecule has 3 aromatic carbocycles. The Morgan fingerprint density at radius 1 is 0.903 bits per heavy atom. The molecule has 1 saturated heterocycles. The number of fused-ring (bicyclic) bond motifs is 1. The first-order chi connectivity index (χ1) is 14.9. The molecular formula is C24H26N2O4S. The number of ether oxygens (including phenoxy) is 1. The van der Waals surface area contributed by atoms with Crippen LogP contribution in [0.1, 0.15) is 12.0 Å². The van der Waals surface area contributed by atoms with Crippen molar-refractivity contribution in [1.82, 2.24) is 9.21 Å². The summed E-state index contributed by atoms with van der Waals surface area (Å²) in [5.41, 5.74) is 1.03. The third kappa shape index (κ3) is 4.73. The maximum atomic E-state index is 13.1. The quantitative estimate of drug-likeness (QED) is 0.591. The number of benzene rings is 3. The van der Waals surface area contributed by atoms with Gasteiger partial charge in [-0.05, 0) is 41.5 Å². The zero-order valence-corrected chi connectivity index (χ0v) is 18.3. The first-order valence-electron chi connectivity index (χ1n) is 10.4. The largest absolute Gasteiger partial charge is 0.493 e. The van der Waals surface area contributed by atoms with E-state index in [0.717, 1.165) is 22.1 Å². The Labute approximate surface area is 183 Å². The fourth-order valence-electron chi connectivity index (χ4n) is 3.78. The fourth-order valence-corrected chi connectivity index (χ4v) is 5.24. The number of amides is 1. The summed E-state index contributed by atoms with van der Waals surface area (Å²) in [6.45, 7) is 3.62. The summed E-state index contributed by atoms with van der Waals surface area (Å²) in [6.07, 6.45) is 0.270. The van der Waals surface area contributed by atoms with Gasteiger partial charge in [0.05, 0.1) is 17.9 Å². The van der Waals surface area contributed by atoms with Gasteiger partial charge in [-0.1, -0.05) is 48.5 Å². The maximum Gasteiger partial charge on any atom is 0.243 e. The van der Waals surface area contributed by atoms with Crippen LogP contribution in [0.15, 0.2) is 71.6 Å². The number of piperazine rings is 1. The average molecular weight is 439 g/mol. The molecule has 0 bridgehead atoms. The molecule has 0 aliphatic carbocycles. The minimum absolute atomic E-state index is 0.0173. The van der Waals surface area contributed by atoms with Gasteiger partial charge >= 0.3 is 0 Å². The number of carbonyl (C=O) groups excluding carboxylic acids is 1. The highest BCUT2D eigenvalue weighted by atomic mass is 32.2. The number of hydrogen-bond donors (Lipinski definition) is 0. The van der Waals surface area contributed by atoms with E-state index in [0.29, 0.717) is 32.8 Å². The van der Waals surface area contributed by atoms with Crippen molar-refractivity contribution in [3.63, 3.8) is 0 Å². The average Bonchev–Trinajstić information content (AvgIpc) is 2.80. The lowest BCUT2D eigenvalue weighted by molar-refractivity contribution is -0.132. The number of carbonyl (C=O) groups is 1. The predicted octanol–water partition coefficient (Wildman–Crippen LogP) is 3.45. The van der Waals surface area contributed by atoms with Gasteiger partial charge in [0.1, 0.15) is 5.75 Å². The zero-order valence-electron chi connectivity index (χ0n) is 17.5. The summed E-state index contributed by atoms with van der Waals surface area (Å²) in [4.78, 5) is 14.5. The topological polar surface area (TPSA) is 66.9 Å². The molecule has 0 aromatic heterocycles. The molecule has 1 heterocycles. The minimum atomic E-state index is -3.59. The molecule has 0 atom stereocenters. The minimum Gasteiger partial charge on any atom is -0.493 e. The Morgan fingerprint density at radius 3 is 2.32 bits per heavy atom. The lowest BCUT2D eigenvalue weighted by atomic mass is 10.1. The van der Waals surface area contributed by atoms with Crippen LogP contribution in [0.2, 0.25) is 0 Å². The molecule has 0 spiro atoms. The lowest BCUT2D eigenvalue weighted by Gasteiger charge is -2.34. The van der Waals surface area contributed by atoms with Crippen molar-refractivity contribution in [3.8, 4) is 5.75 Å². The second-order valence-corrected chi connectivity index (χ2v) is 9.60. The van der Waals surface area contributed by atoms with Crippen LogP contribution in [0.25, 0.3) is 10.8 Å². The highest BCUT2D eigenvalue weighted by Crippen LogP contribution is 2.23. The van der Waals surface area contributed by atoms with Gasteiger partial charge in [0.15, 0.2) is 0 Å². The summed E-state index contributed by atoms with van der Waals surface area (Å²) in [5, 5.41) is 1.90. The number of aryl methyl sites for hydroxylation is 1. The summed E-state index contributed by atoms with van der Waals surface area (Å²) in [5.74, 6) is 0.762. The van der Waals surface area contributed by atoms with Crippen molar-refractivity contribution in [2.75, 3.05) is 32.8 Å². The van der Waals surface area contributed by atoms with Crippen LogP contribution in [0.5, 0.6) is 5.75 Å². The molecule has 7 heteroatoms. The normalized spacial score (nSPS) is 15.2. The molecule has 0 unspecified atom stereocenters. The Bertz CT molecular complexity index is 1180. The lowest BCUT2D eigenvalue weighted by Crippen LogP contribution is -2.50. The van der Waals surface area contributed by atoms with E-state index in [-0.39, 0.29) is 17.2 Å². The van der Waals surface area contributed by atoms with Crippen LogP contribution in [0, 0.1) is 6.92 Å².